The maximum Gasteiger partial charge on any atom is 0.248 e. The fourth-order valence-corrected chi connectivity index (χ4v) is 3.50. The second-order valence-electron chi connectivity index (χ2n) is 7.59. The third-order valence-corrected chi connectivity index (χ3v) is 5.27. The monoisotopic (exact) mass is 432 g/mol. The van der Waals surface area contributed by atoms with Gasteiger partial charge in [-0.1, -0.05) is 35.5 Å². The molecule has 0 radical (unpaired) electrons. The number of hydrogen-bond donors (Lipinski definition) is 0. The molecule has 170 valence electrons. The molecule has 1 fully saturated rings. The minimum Gasteiger partial charge on any atom is -0.382 e. The van der Waals surface area contributed by atoms with Crippen LogP contribution in [0.1, 0.15) is 17.7 Å². The van der Waals surface area contributed by atoms with Crippen molar-refractivity contribution in [1.82, 2.24) is 10.1 Å². The minimum absolute atomic E-state index is 0.00616. The number of ether oxygens (including phenoxy) is 4. The normalized spacial score (nSPS) is 16.0. The lowest BCUT2D eigenvalue weighted by atomic mass is 10.0. The van der Waals surface area contributed by atoms with Gasteiger partial charge in [-0.15, -0.1) is 0 Å². The molecule has 1 aromatic heterocycles. The number of aromatic nitrogens is 1. The summed E-state index contributed by atoms with van der Waals surface area (Å²) in [4.78, 5) is 14.8. The van der Waals surface area contributed by atoms with Crippen molar-refractivity contribution in [2.45, 2.75) is 19.9 Å². The van der Waals surface area contributed by atoms with Gasteiger partial charge in [0.2, 0.25) is 5.91 Å². The molecule has 8 heteroatoms. The van der Waals surface area contributed by atoms with Gasteiger partial charge in [0, 0.05) is 37.3 Å². The van der Waals surface area contributed by atoms with Crippen molar-refractivity contribution in [3.8, 4) is 11.3 Å². The second-order valence-corrected chi connectivity index (χ2v) is 7.59. The molecule has 1 atom stereocenters. The van der Waals surface area contributed by atoms with E-state index in [9.17, 15) is 4.79 Å². The zero-order valence-electron chi connectivity index (χ0n) is 18.4. The molecule has 0 spiro atoms. The standard InChI is InChI=1S/C23H32N2O6/c1-18-21(23(24-31-18)20-6-4-3-5-7-20)15-25(14-19-8-9-29-16-19)22(26)17-30-13-12-28-11-10-27-2/h3-7,19H,8-17H2,1-2H3. The number of carbonyl (C=O) groups excluding carboxylic acids is 1. The zero-order chi connectivity index (χ0) is 21.9. The van der Waals surface area contributed by atoms with Crippen LogP contribution in [-0.4, -0.2) is 75.9 Å². The topological polar surface area (TPSA) is 83.3 Å². The Morgan fingerprint density at radius 3 is 2.68 bits per heavy atom. The van der Waals surface area contributed by atoms with Crippen LogP contribution in [0.2, 0.25) is 0 Å². The summed E-state index contributed by atoms with van der Waals surface area (Å²) < 4.78 is 26.9. The third-order valence-electron chi connectivity index (χ3n) is 5.27. The lowest BCUT2D eigenvalue weighted by Crippen LogP contribution is -2.38. The molecule has 1 saturated heterocycles. The van der Waals surface area contributed by atoms with Gasteiger partial charge in [0.1, 0.15) is 18.1 Å². The Balaban J connectivity index is 1.63. The summed E-state index contributed by atoms with van der Waals surface area (Å²) in [6.07, 6.45) is 0.951. The summed E-state index contributed by atoms with van der Waals surface area (Å²) in [5.74, 6) is 0.969. The summed E-state index contributed by atoms with van der Waals surface area (Å²) in [7, 11) is 1.63. The highest BCUT2D eigenvalue weighted by Crippen LogP contribution is 2.27. The highest BCUT2D eigenvalue weighted by atomic mass is 16.5. The predicted molar refractivity (Wildman–Crippen MR) is 115 cm³/mol. The van der Waals surface area contributed by atoms with Crippen LogP contribution in [0.5, 0.6) is 0 Å². The van der Waals surface area contributed by atoms with Crippen LogP contribution in [0.4, 0.5) is 0 Å². The predicted octanol–water partition coefficient (Wildman–Crippen LogP) is 2.69. The van der Waals surface area contributed by atoms with Gasteiger partial charge in [0.15, 0.2) is 0 Å². The molecular formula is C23H32N2O6. The third kappa shape index (κ3) is 7.14. The van der Waals surface area contributed by atoms with Crippen LogP contribution >= 0.6 is 0 Å². The SMILES string of the molecule is COCCOCCOCC(=O)N(Cc1c(-c2ccccc2)noc1C)CC1CCOC1. The first-order chi connectivity index (χ1) is 15.2. The molecule has 31 heavy (non-hydrogen) atoms. The lowest BCUT2D eigenvalue weighted by molar-refractivity contribution is -0.138. The largest absolute Gasteiger partial charge is 0.382 e. The number of hydrogen-bond acceptors (Lipinski definition) is 7. The van der Waals surface area contributed by atoms with Crippen molar-refractivity contribution < 1.29 is 28.3 Å². The number of rotatable bonds is 13. The first kappa shape index (κ1) is 23.4. The molecule has 2 heterocycles. The van der Waals surface area contributed by atoms with Crippen LogP contribution in [0.3, 0.4) is 0 Å². The van der Waals surface area contributed by atoms with Gasteiger partial charge in [-0.2, -0.15) is 0 Å². The van der Waals surface area contributed by atoms with Gasteiger partial charge in [0.05, 0.1) is 39.6 Å². The lowest BCUT2D eigenvalue weighted by Gasteiger charge is -2.25. The molecule has 0 bridgehead atoms. The van der Waals surface area contributed by atoms with E-state index in [-0.39, 0.29) is 12.5 Å². The zero-order valence-corrected chi connectivity index (χ0v) is 18.4. The maximum absolute atomic E-state index is 13.0. The quantitative estimate of drug-likeness (QED) is 0.450. The van der Waals surface area contributed by atoms with Gasteiger partial charge in [0.25, 0.3) is 0 Å². The summed E-state index contributed by atoms with van der Waals surface area (Å²) >= 11 is 0. The molecule has 2 aromatic rings. The molecule has 3 rings (SSSR count). The number of nitrogens with zero attached hydrogens (tertiary/aromatic N) is 2. The molecule has 1 aromatic carbocycles. The molecule has 1 unspecified atom stereocenters. The van der Waals surface area contributed by atoms with Crippen LogP contribution < -0.4 is 0 Å². The molecule has 8 nitrogen and oxygen atoms in total. The van der Waals surface area contributed by atoms with Crippen molar-refractivity contribution in [2.75, 3.05) is 59.9 Å². The van der Waals surface area contributed by atoms with E-state index in [0.29, 0.717) is 57.8 Å². The highest BCUT2D eigenvalue weighted by Gasteiger charge is 2.25. The summed E-state index contributed by atoms with van der Waals surface area (Å²) in [6, 6.07) is 9.87. The molecule has 0 aliphatic carbocycles. The maximum atomic E-state index is 13.0. The van der Waals surface area contributed by atoms with E-state index in [0.717, 1.165) is 29.8 Å². The Hall–Kier alpha value is -2.26. The fraction of sp³-hybridized carbons (Fsp3) is 0.565. The van der Waals surface area contributed by atoms with E-state index in [4.69, 9.17) is 23.5 Å². The van der Waals surface area contributed by atoms with Gasteiger partial charge >= 0.3 is 0 Å². The van der Waals surface area contributed by atoms with Crippen LogP contribution in [0.15, 0.2) is 34.9 Å². The van der Waals surface area contributed by atoms with Crippen molar-refractivity contribution in [2.24, 2.45) is 5.92 Å². The first-order valence-electron chi connectivity index (χ1n) is 10.7. The van der Waals surface area contributed by atoms with E-state index in [1.54, 1.807) is 7.11 Å². The van der Waals surface area contributed by atoms with Crippen LogP contribution in [0.25, 0.3) is 11.3 Å². The van der Waals surface area contributed by atoms with E-state index in [1.165, 1.54) is 0 Å². The van der Waals surface area contributed by atoms with E-state index >= 15 is 0 Å². The Morgan fingerprint density at radius 2 is 1.94 bits per heavy atom. The first-order valence-corrected chi connectivity index (χ1v) is 10.7. The average molecular weight is 433 g/mol. The van der Waals surface area contributed by atoms with Crippen LogP contribution in [-0.2, 0) is 30.3 Å². The highest BCUT2D eigenvalue weighted by molar-refractivity contribution is 5.78. The summed E-state index contributed by atoms with van der Waals surface area (Å²) in [6.45, 7) is 6.17. The molecule has 1 aliphatic heterocycles. The number of amides is 1. The van der Waals surface area contributed by atoms with E-state index < -0.39 is 0 Å². The van der Waals surface area contributed by atoms with Gasteiger partial charge in [-0.25, -0.2) is 0 Å². The Morgan fingerprint density at radius 1 is 1.16 bits per heavy atom. The number of aryl methyl sites for hydroxylation is 1. The number of carbonyl (C=O) groups is 1. The summed E-state index contributed by atoms with van der Waals surface area (Å²) in [5.41, 5.74) is 2.66. The molecule has 0 N–H and O–H groups in total. The molecular weight excluding hydrogens is 400 g/mol. The fourth-order valence-electron chi connectivity index (χ4n) is 3.50. The van der Waals surface area contributed by atoms with Crippen molar-refractivity contribution in [1.29, 1.82) is 0 Å². The van der Waals surface area contributed by atoms with Gasteiger partial charge in [-0.05, 0) is 13.3 Å². The molecule has 1 aliphatic rings. The van der Waals surface area contributed by atoms with E-state index in [1.807, 2.05) is 42.2 Å². The van der Waals surface area contributed by atoms with Crippen molar-refractivity contribution >= 4 is 5.91 Å². The van der Waals surface area contributed by atoms with E-state index in [2.05, 4.69) is 5.16 Å². The van der Waals surface area contributed by atoms with Gasteiger partial charge in [-0.3, -0.25) is 4.79 Å². The summed E-state index contributed by atoms with van der Waals surface area (Å²) in [5, 5.41) is 4.25. The Bertz CT molecular complexity index is 789. The second kappa shape index (κ2) is 12.6. The van der Waals surface area contributed by atoms with Crippen molar-refractivity contribution in [3.05, 3.63) is 41.7 Å². The number of methoxy groups -OCH3 is 1. The minimum atomic E-state index is -0.0663. The van der Waals surface area contributed by atoms with Crippen molar-refractivity contribution in [3.63, 3.8) is 0 Å². The van der Waals surface area contributed by atoms with Gasteiger partial charge < -0.3 is 28.4 Å². The smallest absolute Gasteiger partial charge is 0.248 e. The Kier molecular flexibility index (Phi) is 9.48. The Labute approximate surface area is 183 Å². The van der Waals surface area contributed by atoms with Crippen LogP contribution in [0, 0.1) is 12.8 Å². The molecule has 0 saturated carbocycles. The number of benzene rings is 1. The average Bonchev–Trinajstić information content (AvgIpc) is 3.43. The molecule has 1 amide bonds.